The van der Waals surface area contributed by atoms with E-state index in [-0.39, 0.29) is 0 Å². The van der Waals surface area contributed by atoms with E-state index in [1.165, 1.54) is 13.0 Å². The fourth-order valence-corrected chi connectivity index (χ4v) is 1.49. The molecule has 4 heteroatoms. The van der Waals surface area contributed by atoms with Crippen LogP contribution in [0.5, 0.6) is 0 Å². The summed E-state index contributed by atoms with van der Waals surface area (Å²) in [6.45, 7) is 1.27. The summed E-state index contributed by atoms with van der Waals surface area (Å²) in [5.74, 6) is -0.980. The summed E-state index contributed by atoms with van der Waals surface area (Å²) in [6, 6.07) is 9.19. The normalized spacial score (nSPS) is 18.9. The lowest BCUT2D eigenvalue weighted by molar-refractivity contribution is -0.169. The third-order valence-electron chi connectivity index (χ3n) is 2.13. The maximum absolute atomic E-state index is 11.1. The molecule has 0 saturated heterocycles. The Morgan fingerprint density at radius 2 is 2.00 bits per heavy atom. The first-order valence-corrected chi connectivity index (χ1v) is 4.81. The SMILES string of the molecule is CC(=O)OC1OC(=O)C=C1c1ccccc1. The first-order valence-electron chi connectivity index (χ1n) is 4.81. The van der Waals surface area contributed by atoms with Gasteiger partial charge in [0.15, 0.2) is 0 Å². The fourth-order valence-electron chi connectivity index (χ4n) is 1.49. The molecular formula is C12H10O4. The van der Waals surface area contributed by atoms with Crippen molar-refractivity contribution in [3.05, 3.63) is 42.0 Å². The van der Waals surface area contributed by atoms with Gasteiger partial charge in [-0.3, -0.25) is 4.79 Å². The van der Waals surface area contributed by atoms with E-state index in [4.69, 9.17) is 9.47 Å². The lowest BCUT2D eigenvalue weighted by Gasteiger charge is -2.13. The monoisotopic (exact) mass is 218 g/mol. The second-order valence-corrected chi connectivity index (χ2v) is 3.34. The number of ether oxygens (including phenoxy) is 2. The molecule has 1 aliphatic heterocycles. The van der Waals surface area contributed by atoms with Crippen LogP contribution in [-0.4, -0.2) is 18.2 Å². The van der Waals surface area contributed by atoms with Crippen LogP contribution in [0.15, 0.2) is 36.4 Å². The van der Waals surface area contributed by atoms with Crippen molar-refractivity contribution in [2.75, 3.05) is 0 Å². The van der Waals surface area contributed by atoms with Gasteiger partial charge in [0.05, 0.1) is 0 Å². The molecule has 1 unspecified atom stereocenters. The molecular weight excluding hydrogens is 208 g/mol. The number of benzene rings is 1. The number of cyclic esters (lactones) is 1. The Labute approximate surface area is 92.5 Å². The maximum Gasteiger partial charge on any atom is 0.334 e. The van der Waals surface area contributed by atoms with E-state index in [1.807, 2.05) is 30.3 Å². The third-order valence-corrected chi connectivity index (χ3v) is 2.13. The zero-order valence-corrected chi connectivity index (χ0v) is 8.67. The first-order chi connectivity index (χ1) is 7.66. The van der Waals surface area contributed by atoms with Gasteiger partial charge in [0.25, 0.3) is 6.29 Å². The van der Waals surface area contributed by atoms with Crippen LogP contribution >= 0.6 is 0 Å². The molecule has 0 saturated carbocycles. The average Bonchev–Trinajstić information content (AvgIpc) is 2.60. The maximum atomic E-state index is 11.1. The van der Waals surface area contributed by atoms with Gasteiger partial charge < -0.3 is 9.47 Å². The summed E-state index contributed by atoms with van der Waals surface area (Å²) in [4.78, 5) is 22.0. The largest absolute Gasteiger partial charge is 0.421 e. The summed E-state index contributed by atoms with van der Waals surface area (Å²) in [7, 11) is 0. The van der Waals surface area contributed by atoms with Crippen molar-refractivity contribution in [1.82, 2.24) is 0 Å². The van der Waals surface area contributed by atoms with E-state index in [9.17, 15) is 9.59 Å². The molecule has 0 radical (unpaired) electrons. The van der Waals surface area contributed by atoms with Gasteiger partial charge in [0.1, 0.15) is 0 Å². The molecule has 0 amide bonds. The van der Waals surface area contributed by atoms with E-state index < -0.39 is 18.2 Å². The van der Waals surface area contributed by atoms with Gasteiger partial charge in [-0.15, -0.1) is 0 Å². The minimum absolute atomic E-state index is 0.485. The predicted molar refractivity (Wildman–Crippen MR) is 56.1 cm³/mol. The van der Waals surface area contributed by atoms with Crippen molar-refractivity contribution in [3.63, 3.8) is 0 Å². The van der Waals surface area contributed by atoms with Crippen molar-refractivity contribution in [1.29, 1.82) is 0 Å². The second kappa shape index (κ2) is 4.18. The van der Waals surface area contributed by atoms with Crippen molar-refractivity contribution in [2.24, 2.45) is 0 Å². The highest BCUT2D eigenvalue weighted by atomic mass is 16.7. The van der Waals surface area contributed by atoms with Crippen LogP contribution in [0.3, 0.4) is 0 Å². The molecule has 0 aromatic heterocycles. The van der Waals surface area contributed by atoms with E-state index in [1.54, 1.807) is 0 Å². The zero-order chi connectivity index (χ0) is 11.5. The van der Waals surface area contributed by atoms with Crippen LogP contribution < -0.4 is 0 Å². The molecule has 0 bridgehead atoms. The van der Waals surface area contributed by atoms with Crippen LogP contribution in [0, 0.1) is 0 Å². The lowest BCUT2D eigenvalue weighted by atomic mass is 10.1. The highest BCUT2D eigenvalue weighted by molar-refractivity contribution is 5.97. The van der Waals surface area contributed by atoms with E-state index in [0.29, 0.717) is 5.57 Å². The Balaban J connectivity index is 2.27. The van der Waals surface area contributed by atoms with Gasteiger partial charge in [-0.2, -0.15) is 0 Å². The molecule has 1 aromatic carbocycles. The molecule has 1 aromatic rings. The Kier molecular flexibility index (Phi) is 2.72. The Bertz CT molecular complexity index is 447. The van der Waals surface area contributed by atoms with Gasteiger partial charge in [-0.1, -0.05) is 30.3 Å². The quantitative estimate of drug-likeness (QED) is 0.706. The molecule has 1 aliphatic rings. The highest BCUT2D eigenvalue weighted by Crippen LogP contribution is 2.26. The van der Waals surface area contributed by atoms with Crippen molar-refractivity contribution >= 4 is 17.5 Å². The van der Waals surface area contributed by atoms with Crippen LogP contribution in [0.1, 0.15) is 12.5 Å². The molecule has 4 nitrogen and oxygen atoms in total. The minimum atomic E-state index is -0.924. The number of hydrogen-bond donors (Lipinski definition) is 0. The Morgan fingerprint density at radius 1 is 1.31 bits per heavy atom. The lowest BCUT2D eigenvalue weighted by Crippen LogP contribution is -2.18. The summed E-state index contributed by atoms with van der Waals surface area (Å²) < 4.78 is 9.76. The fraction of sp³-hybridized carbons (Fsp3) is 0.167. The number of carbonyl (C=O) groups is 2. The van der Waals surface area contributed by atoms with E-state index >= 15 is 0 Å². The first kappa shape index (κ1) is 10.4. The zero-order valence-electron chi connectivity index (χ0n) is 8.67. The van der Waals surface area contributed by atoms with E-state index in [2.05, 4.69) is 0 Å². The molecule has 1 atom stereocenters. The van der Waals surface area contributed by atoms with Crippen LogP contribution in [0.25, 0.3) is 5.57 Å². The van der Waals surface area contributed by atoms with E-state index in [0.717, 1.165) is 5.56 Å². The summed E-state index contributed by atoms with van der Waals surface area (Å²) in [5, 5.41) is 0. The van der Waals surface area contributed by atoms with Gasteiger partial charge in [0.2, 0.25) is 0 Å². The van der Waals surface area contributed by atoms with Gasteiger partial charge in [-0.05, 0) is 5.56 Å². The highest BCUT2D eigenvalue weighted by Gasteiger charge is 2.29. The molecule has 1 heterocycles. The van der Waals surface area contributed by atoms with Gasteiger partial charge in [0, 0.05) is 18.6 Å². The number of carbonyl (C=O) groups excluding carboxylic acids is 2. The molecule has 0 aliphatic carbocycles. The van der Waals surface area contributed by atoms with Crippen LogP contribution in [-0.2, 0) is 19.1 Å². The molecule has 0 spiro atoms. The standard InChI is InChI=1S/C12H10O4/c1-8(13)15-12-10(7-11(14)16-12)9-5-3-2-4-6-9/h2-7,12H,1H3. The third kappa shape index (κ3) is 2.11. The topological polar surface area (TPSA) is 52.6 Å². The number of hydrogen-bond acceptors (Lipinski definition) is 4. The van der Waals surface area contributed by atoms with Crippen molar-refractivity contribution < 1.29 is 19.1 Å². The summed E-state index contributed by atoms with van der Waals surface area (Å²) in [5.41, 5.74) is 1.38. The predicted octanol–water partition coefficient (Wildman–Crippen LogP) is 1.52. The summed E-state index contributed by atoms with van der Waals surface area (Å²) >= 11 is 0. The smallest absolute Gasteiger partial charge is 0.334 e. The van der Waals surface area contributed by atoms with Crippen LogP contribution in [0.2, 0.25) is 0 Å². The molecule has 0 N–H and O–H groups in total. The minimum Gasteiger partial charge on any atom is -0.421 e. The number of rotatable bonds is 2. The Morgan fingerprint density at radius 3 is 2.62 bits per heavy atom. The average molecular weight is 218 g/mol. The molecule has 0 fully saturated rings. The van der Waals surface area contributed by atoms with Crippen molar-refractivity contribution in [2.45, 2.75) is 13.2 Å². The second-order valence-electron chi connectivity index (χ2n) is 3.34. The molecule has 82 valence electrons. The van der Waals surface area contributed by atoms with Crippen LogP contribution in [0.4, 0.5) is 0 Å². The van der Waals surface area contributed by atoms with Crippen molar-refractivity contribution in [3.8, 4) is 0 Å². The molecule has 16 heavy (non-hydrogen) atoms. The summed E-state index contributed by atoms with van der Waals surface area (Å²) in [6.07, 6.45) is 0.413. The number of esters is 2. The molecule has 2 rings (SSSR count). The Hall–Kier alpha value is -2.10. The van der Waals surface area contributed by atoms with Gasteiger partial charge in [-0.25, -0.2) is 4.79 Å². The van der Waals surface area contributed by atoms with Gasteiger partial charge >= 0.3 is 11.9 Å².